The first-order valence-corrected chi connectivity index (χ1v) is 14.5. The molecule has 0 unspecified atom stereocenters. The maximum Gasteiger partial charge on any atom is 0.326 e. The molecule has 1 amide bonds. The first kappa shape index (κ1) is 29.1. The van der Waals surface area contributed by atoms with Gasteiger partial charge in [-0.05, 0) is 34.1 Å². The predicted molar refractivity (Wildman–Crippen MR) is 153 cm³/mol. The highest BCUT2D eigenvalue weighted by atomic mass is 79.9. The van der Waals surface area contributed by atoms with E-state index in [0.29, 0.717) is 15.4 Å². The number of rotatable bonds is 6. The fourth-order valence-electron chi connectivity index (χ4n) is 6.01. The SMILES string of the molecule is CC(=O)N1CC[C@](F)(c2cc(Br)cnc2O[C@H]2C[C@@H](C(=O)O)N(c3nc(C(F)F)nc4c3oc3ccccc34)C2)[C@@H](C)C1. The van der Waals surface area contributed by atoms with Crippen LogP contribution in [0.5, 0.6) is 5.88 Å². The minimum atomic E-state index is -3.01. The van der Waals surface area contributed by atoms with Gasteiger partial charge in [0.1, 0.15) is 28.9 Å². The molecule has 4 aromatic rings. The van der Waals surface area contributed by atoms with E-state index in [-0.39, 0.29) is 66.7 Å². The van der Waals surface area contributed by atoms with Crippen molar-refractivity contribution in [3.63, 3.8) is 0 Å². The molecule has 6 rings (SSSR count). The molecule has 0 radical (unpaired) electrons. The maximum absolute atomic E-state index is 16.7. The topological polar surface area (TPSA) is 122 Å². The lowest BCUT2D eigenvalue weighted by Crippen LogP contribution is -2.48. The summed E-state index contributed by atoms with van der Waals surface area (Å²) >= 11 is 3.36. The smallest absolute Gasteiger partial charge is 0.326 e. The van der Waals surface area contributed by atoms with Crippen molar-refractivity contribution in [1.82, 2.24) is 19.9 Å². The van der Waals surface area contributed by atoms with Crippen molar-refractivity contribution in [3.05, 3.63) is 52.4 Å². The van der Waals surface area contributed by atoms with Crippen LogP contribution in [-0.2, 0) is 15.3 Å². The van der Waals surface area contributed by atoms with Crippen LogP contribution in [0.1, 0.15) is 44.5 Å². The number of ether oxygens (including phenoxy) is 1. The van der Waals surface area contributed by atoms with Crippen molar-refractivity contribution in [3.8, 4) is 5.88 Å². The molecule has 2 aliphatic rings. The van der Waals surface area contributed by atoms with E-state index in [1.54, 1.807) is 42.2 Å². The lowest BCUT2D eigenvalue weighted by Gasteiger charge is -2.41. The van der Waals surface area contributed by atoms with Crippen molar-refractivity contribution in [2.75, 3.05) is 24.5 Å². The van der Waals surface area contributed by atoms with Crippen molar-refractivity contribution in [2.45, 2.75) is 50.9 Å². The number of carboxylic acids is 1. The second-order valence-electron chi connectivity index (χ2n) is 10.9. The van der Waals surface area contributed by atoms with Crippen molar-refractivity contribution in [2.24, 2.45) is 5.92 Å². The number of carbonyl (C=O) groups is 2. The summed E-state index contributed by atoms with van der Waals surface area (Å²) in [6, 6.07) is 7.14. The fraction of sp³-hybridized carbons (Fsp3) is 0.414. The number of benzene rings is 1. The average Bonchev–Trinajstić information content (AvgIpc) is 3.56. The first-order valence-electron chi connectivity index (χ1n) is 13.7. The number of nitrogens with zero attached hydrogens (tertiary/aromatic N) is 5. The number of anilines is 1. The number of furan rings is 1. The number of aliphatic carboxylic acids is 1. The Morgan fingerprint density at radius 3 is 2.70 bits per heavy atom. The quantitative estimate of drug-likeness (QED) is 0.280. The molecular weight excluding hydrogens is 635 g/mol. The van der Waals surface area contributed by atoms with Gasteiger partial charge in [-0.15, -0.1) is 0 Å². The molecule has 5 heterocycles. The summed E-state index contributed by atoms with van der Waals surface area (Å²) in [5, 5.41) is 10.6. The minimum Gasteiger partial charge on any atom is -0.480 e. The molecule has 1 N–H and O–H groups in total. The Morgan fingerprint density at radius 2 is 2.00 bits per heavy atom. The molecule has 10 nitrogen and oxygen atoms in total. The first-order chi connectivity index (χ1) is 20.5. The molecule has 3 aromatic heterocycles. The Labute approximate surface area is 252 Å². The minimum absolute atomic E-state index is 0.00495. The summed E-state index contributed by atoms with van der Waals surface area (Å²) < 4.78 is 57.2. The Kier molecular flexibility index (Phi) is 7.43. The van der Waals surface area contributed by atoms with Crippen LogP contribution in [0.3, 0.4) is 0 Å². The molecule has 2 aliphatic heterocycles. The van der Waals surface area contributed by atoms with Crippen LogP contribution >= 0.6 is 15.9 Å². The van der Waals surface area contributed by atoms with Crippen LogP contribution in [0, 0.1) is 5.92 Å². The number of para-hydroxylation sites is 1. The summed E-state index contributed by atoms with van der Waals surface area (Å²) in [7, 11) is 0. The zero-order chi connectivity index (χ0) is 30.6. The van der Waals surface area contributed by atoms with Gasteiger partial charge < -0.3 is 24.1 Å². The van der Waals surface area contributed by atoms with Gasteiger partial charge in [-0.25, -0.2) is 32.9 Å². The Bertz CT molecular complexity index is 1740. The third-order valence-electron chi connectivity index (χ3n) is 8.24. The van der Waals surface area contributed by atoms with Crippen molar-refractivity contribution in [1.29, 1.82) is 0 Å². The van der Waals surface area contributed by atoms with Crippen LogP contribution in [0.15, 0.2) is 45.4 Å². The van der Waals surface area contributed by atoms with Crippen LogP contribution < -0.4 is 9.64 Å². The molecule has 0 bridgehead atoms. The Balaban J connectivity index is 1.36. The number of amides is 1. The Morgan fingerprint density at radius 1 is 1.23 bits per heavy atom. The van der Waals surface area contributed by atoms with E-state index in [2.05, 4.69) is 30.9 Å². The average molecular weight is 662 g/mol. The van der Waals surface area contributed by atoms with Crippen LogP contribution in [-0.4, -0.2) is 68.6 Å². The van der Waals surface area contributed by atoms with E-state index < -0.39 is 42.0 Å². The Hall–Kier alpha value is -3.94. The number of hydrogen-bond acceptors (Lipinski definition) is 8. The summed E-state index contributed by atoms with van der Waals surface area (Å²) in [6.07, 6.45) is -2.40. The normalized spacial score (nSPS) is 24.3. The van der Waals surface area contributed by atoms with Crippen LogP contribution in [0.4, 0.5) is 19.0 Å². The van der Waals surface area contributed by atoms with Gasteiger partial charge in [0.05, 0.1) is 12.1 Å². The van der Waals surface area contributed by atoms with Gasteiger partial charge in [0.2, 0.25) is 11.8 Å². The maximum atomic E-state index is 16.7. The van der Waals surface area contributed by atoms with E-state index in [4.69, 9.17) is 9.15 Å². The van der Waals surface area contributed by atoms with Crippen LogP contribution in [0.2, 0.25) is 0 Å². The van der Waals surface area contributed by atoms with E-state index in [1.165, 1.54) is 18.0 Å². The summed E-state index contributed by atoms with van der Waals surface area (Å²) in [6.45, 7) is 3.51. The third kappa shape index (κ3) is 5.15. The number of piperidine rings is 1. The number of halogens is 4. The highest BCUT2D eigenvalue weighted by Gasteiger charge is 2.47. The molecule has 4 atom stereocenters. The van der Waals surface area contributed by atoms with E-state index in [1.807, 2.05) is 0 Å². The number of fused-ring (bicyclic) bond motifs is 3. The number of hydrogen-bond donors (Lipinski definition) is 1. The largest absolute Gasteiger partial charge is 0.480 e. The highest BCUT2D eigenvalue weighted by Crippen LogP contribution is 2.46. The second-order valence-corrected chi connectivity index (χ2v) is 11.9. The highest BCUT2D eigenvalue weighted by molar-refractivity contribution is 9.10. The predicted octanol–water partition coefficient (Wildman–Crippen LogP) is 5.64. The van der Waals surface area contributed by atoms with E-state index >= 15 is 4.39 Å². The van der Waals surface area contributed by atoms with Crippen LogP contribution in [0.25, 0.3) is 22.1 Å². The zero-order valence-electron chi connectivity index (χ0n) is 23.1. The molecule has 0 aliphatic carbocycles. The third-order valence-corrected chi connectivity index (χ3v) is 8.68. The lowest BCUT2D eigenvalue weighted by atomic mass is 9.78. The van der Waals surface area contributed by atoms with Gasteiger partial charge in [-0.2, -0.15) is 0 Å². The fourth-order valence-corrected chi connectivity index (χ4v) is 6.34. The molecule has 43 heavy (non-hydrogen) atoms. The number of aromatic nitrogens is 3. The summed E-state index contributed by atoms with van der Waals surface area (Å²) in [5.41, 5.74) is -1.08. The molecule has 0 saturated carbocycles. The second kappa shape index (κ2) is 11.0. The molecule has 2 fully saturated rings. The standard InChI is InChI=1S/C29H27BrF3N5O5/c1-14-12-37(15(2)39)8-7-29(14,33)19-9-16(30)11-34-27(19)42-17-10-20(28(40)41)38(13-17)26-23-22(35-25(36-26)24(31)32)18-5-3-4-6-21(18)43-23/h3-6,9,11,14,17,20,24H,7-8,10,12-13H2,1-2H3,(H,40,41)/t14-,17-,20-,29+/m0/s1. The summed E-state index contributed by atoms with van der Waals surface area (Å²) in [5.74, 6) is -2.79. The number of pyridine rings is 1. The lowest BCUT2D eigenvalue weighted by molar-refractivity contribution is -0.138. The number of alkyl halides is 3. The van der Waals surface area contributed by atoms with Gasteiger partial charge in [-0.1, -0.05) is 19.1 Å². The zero-order valence-corrected chi connectivity index (χ0v) is 24.7. The number of carbonyl (C=O) groups excluding carboxylic acids is 1. The summed E-state index contributed by atoms with van der Waals surface area (Å²) in [4.78, 5) is 39.7. The van der Waals surface area contributed by atoms with Gasteiger partial charge in [-0.3, -0.25) is 4.79 Å². The molecule has 226 valence electrons. The van der Waals surface area contributed by atoms with E-state index in [0.717, 1.165) is 0 Å². The number of likely N-dealkylation sites (tertiary alicyclic amines) is 1. The van der Waals surface area contributed by atoms with Gasteiger partial charge >= 0.3 is 5.97 Å². The molecule has 2 saturated heterocycles. The number of carboxylic acid groups (broad SMARTS) is 1. The van der Waals surface area contributed by atoms with Crippen molar-refractivity contribution >= 4 is 55.7 Å². The molecule has 1 aromatic carbocycles. The van der Waals surface area contributed by atoms with E-state index in [9.17, 15) is 23.5 Å². The monoisotopic (exact) mass is 661 g/mol. The van der Waals surface area contributed by atoms with Gasteiger partial charge in [0.25, 0.3) is 6.43 Å². The molecule has 14 heteroatoms. The van der Waals surface area contributed by atoms with Gasteiger partial charge in [0, 0.05) is 54.8 Å². The van der Waals surface area contributed by atoms with Gasteiger partial charge in [0.15, 0.2) is 17.2 Å². The van der Waals surface area contributed by atoms with Crippen molar-refractivity contribution < 1.29 is 37.0 Å². The molecule has 0 spiro atoms. The molecular formula is C29H27BrF3N5O5.